The minimum absolute atomic E-state index is 0.0326. The number of methoxy groups -OCH3 is 3. The number of nitrogens with one attached hydrogen (secondary N) is 4. The molecule has 4 saturated heterocycles. The summed E-state index contributed by atoms with van der Waals surface area (Å²) in [4.78, 5) is 53.1. The molecule has 4 aliphatic rings. The van der Waals surface area contributed by atoms with Crippen LogP contribution in [0.25, 0.3) is 44.3 Å². The summed E-state index contributed by atoms with van der Waals surface area (Å²) in [5.74, 6) is -5.78. The average Bonchev–Trinajstić information content (AvgIpc) is 3.97. The zero-order valence-electron chi connectivity index (χ0n) is 44.3. The molecule has 0 spiro atoms. The molecule has 6 atom stereocenters. The van der Waals surface area contributed by atoms with Gasteiger partial charge in [-0.05, 0) is 68.7 Å². The number of amides is 2. The van der Waals surface area contributed by atoms with Crippen LogP contribution in [0.5, 0.6) is 23.0 Å². The van der Waals surface area contributed by atoms with Crippen molar-refractivity contribution in [3.63, 3.8) is 0 Å². The molecule has 20 nitrogen and oxygen atoms in total. The van der Waals surface area contributed by atoms with Gasteiger partial charge < -0.3 is 59.2 Å². The number of ether oxygens (including phenoxy) is 8. The maximum absolute atomic E-state index is 17.0. The molecule has 4 fully saturated rings. The molecule has 2 unspecified atom stereocenters. The van der Waals surface area contributed by atoms with E-state index < -0.39 is 46.5 Å². The number of hydrogen-bond donors (Lipinski definition) is 4. The lowest BCUT2D eigenvalue weighted by molar-refractivity contribution is -0.118. The molecule has 2 amide bonds. The van der Waals surface area contributed by atoms with Gasteiger partial charge in [0.05, 0.1) is 116 Å². The highest BCUT2D eigenvalue weighted by Gasteiger charge is 2.34. The van der Waals surface area contributed by atoms with Gasteiger partial charge in [0.1, 0.15) is 6.61 Å². The second-order valence-corrected chi connectivity index (χ2v) is 19.8. The lowest BCUT2D eigenvalue weighted by Crippen LogP contribution is -2.52. The Morgan fingerprint density at radius 1 is 0.625 bits per heavy atom. The lowest BCUT2D eigenvalue weighted by Gasteiger charge is -2.32. The van der Waals surface area contributed by atoms with Crippen LogP contribution in [-0.4, -0.2) is 146 Å². The zero-order valence-corrected chi connectivity index (χ0v) is 44.3. The Bertz CT molecular complexity index is 3290. The summed E-state index contributed by atoms with van der Waals surface area (Å²) < 4.78 is 111. The SMILES string of the molecule is C=CC(=O)N[C@H]1CCOC[C@H]1Nc1ncc2cc(-c3c(F)c(OC)cc(OC)c3F)nc(CC3COC(COc4cc(OC)c(F)c(-c5cc6cnc(N[C@@H]7COCC[C@@H]7NC(=O)C=C)nc6c(C6CCOCC6)n5)c4F)C3)c2n1. The molecule has 24 heteroatoms. The predicted octanol–water partition coefficient (Wildman–Crippen LogP) is 6.94. The third kappa shape index (κ3) is 11.9. The van der Waals surface area contributed by atoms with E-state index in [1.54, 1.807) is 6.20 Å². The van der Waals surface area contributed by atoms with Crippen LogP contribution in [0.3, 0.4) is 0 Å². The second kappa shape index (κ2) is 24.7. The first-order valence-corrected chi connectivity index (χ1v) is 26.2. The van der Waals surface area contributed by atoms with Crippen molar-refractivity contribution in [3.8, 4) is 45.5 Å². The van der Waals surface area contributed by atoms with E-state index in [-0.39, 0.29) is 121 Å². The summed E-state index contributed by atoms with van der Waals surface area (Å²) >= 11 is 0. The molecule has 0 radical (unpaired) electrons. The minimum atomic E-state index is -1.02. The van der Waals surface area contributed by atoms with E-state index in [4.69, 9.17) is 57.8 Å². The van der Waals surface area contributed by atoms with Crippen molar-refractivity contribution >= 4 is 45.5 Å². The summed E-state index contributed by atoms with van der Waals surface area (Å²) in [6.45, 7) is 9.45. The Labute approximate surface area is 457 Å². The van der Waals surface area contributed by atoms with Crippen LogP contribution in [0.4, 0.5) is 29.5 Å². The molecular formula is C56H60F4N10O10. The number of fused-ring (bicyclic) bond motifs is 2. The Balaban J connectivity index is 0.919. The molecule has 4 aromatic heterocycles. The standard InChI is InChI=1S/C56H60F4N10O10/c1-6-44(71)64-33-10-14-77-26-38(33)67-55-61-22-30-18-35(46-48(57)40(73-3)20-41(74-4)49(46)58)63-37(52(30)69-55)17-28-16-32(79-24-28)25-80-43-21-42(75-5)50(59)47(51(43)60)36-19-31-23-62-56(68-39-27-78-15-11-34(39)65-45(72)7-2)70-54(31)53(66-36)29-8-12-76-13-9-29/h6-7,18-23,28-29,32-34,38-39H,1-2,8-17,24-27H2,3-5H3,(H,64,71)(H,65,72)(H,61,67,69)(H,62,68,70)/t28?,32?,33-,34-,38+,39+/m0/s1. The molecule has 2 aromatic carbocycles. The van der Waals surface area contributed by atoms with Crippen LogP contribution >= 0.6 is 0 Å². The Morgan fingerprint density at radius 2 is 1.12 bits per heavy atom. The van der Waals surface area contributed by atoms with Crippen LogP contribution in [0.2, 0.25) is 0 Å². The number of anilines is 2. The number of pyridine rings is 2. The number of carbonyl (C=O) groups is 2. The number of benzene rings is 2. The number of carbonyl (C=O) groups excluding carboxylic acids is 2. The fraction of sp³-hybridized carbons (Fsp3) is 0.429. The van der Waals surface area contributed by atoms with Crippen molar-refractivity contribution in [2.24, 2.45) is 5.92 Å². The van der Waals surface area contributed by atoms with Crippen LogP contribution in [0.15, 0.2) is 62.0 Å². The molecule has 80 heavy (non-hydrogen) atoms. The van der Waals surface area contributed by atoms with Gasteiger partial charge in [0.25, 0.3) is 0 Å². The van der Waals surface area contributed by atoms with Gasteiger partial charge in [-0.25, -0.2) is 37.5 Å². The quantitative estimate of drug-likeness (QED) is 0.0475. The number of rotatable bonds is 19. The predicted molar refractivity (Wildman–Crippen MR) is 285 cm³/mol. The Kier molecular flexibility index (Phi) is 17.1. The monoisotopic (exact) mass is 1110 g/mol. The molecule has 10 rings (SSSR count). The molecule has 422 valence electrons. The first-order chi connectivity index (χ1) is 38.9. The van der Waals surface area contributed by atoms with E-state index in [2.05, 4.69) is 44.4 Å². The van der Waals surface area contributed by atoms with E-state index >= 15 is 17.6 Å². The van der Waals surface area contributed by atoms with E-state index in [0.717, 1.165) is 12.1 Å². The van der Waals surface area contributed by atoms with Crippen molar-refractivity contribution < 1.29 is 65.0 Å². The van der Waals surface area contributed by atoms with Crippen molar-refractivity contribution in [2.45, 2.75) is 74.7 Å². The van der Waals surface area contributed by atoms with Gasteiger partial charge in [0.2, 0.25) is 23.7 Å². The van der Waals surface area contributed by atoms with Crippen molar-refractivity contribution in [1.29, 1.82) is 0 Å². The summed E-state index contributed by atoms with van der Waals surface area (Å²) in [5.41, 5.74) is 0.651. The third-order valence-electron chi connectivity index (χ3n) is 14.7. The van der Waals surface area contributed by atoms with Gasteiger partial charge in [-0.3, -0.25) is 19.6 Å². The molecule has 0 bridgehead atoms. The van der Waals surface area contributed by atoms with Gasteiger partial charge >= 0.3 is 0 Å². The molecule has 6 aromatic rings. The van der Waals surface area contributed by atoms with E-state index in [0.29, 0.717) is 91.7 Å². The fourth-order valence-corrected chi connectivity index (χ4v) is 10.6. The highest BCUT2D eigenvalue weighted by Crippen LogP contribution is 2.42. The van der Waals surface area contributed by atoms with E-state index in [9.17, 15) is 9.59 Å². The van der Waals surface area contributed by atoms with E-state index in [1.165, 1.54) is 51.8 Å². The number of aromatic nitrogens is 6. The first-order valence-electron chi connectivity index (χ1n) is 26.2. The highest BCUT2D eigenvalue weighted by atomic mass is 19.1. The summed E-state index contributed by atoms with van der Waals surface area (Å²) in [5, 5.41) is 13.3. The molecule has 0 aliphatic carbocycles. The fourth-order valence-electron chi connectivity index (χ4n) is 10.6. The number of halogens is 4. The Hall–Kier alpha value is -7.80. The highest BCUT2D eigenvalue weighted by molar-refractivity contribution is 5.89. The molecule has 8 heterocycles. The normalized spacial score (nSPS) is 21.4. The molecule has 0 saturated carbocycles. The van der Waals surface area contributed by atoms with Gasteiger partial charge in [-0.1, -0.05) is 13.2 Å². The maximum atomic E-state index is 17.0. The molecule has 4 aliphatic heterocycles. The topological polar surface area (TPSA) is 233 Å². The van der Waals surface area contributed by atoms with Gasteiger partial charge in [-0.15, -0.1) is 0 Å². The summed E-state index contributed by atoms with van der Waals surface area (Å²) in [6, 6.07) is 3.84. The van der Waals surface area contributed by atoms with Crippen LogP contribution in [0.1, 0.15) is 49.4 Å². The second-order valence-electron chi connectivity index (χ2n) is 19.8. The van der Waals surface area contributed by atoms with Crippen molar-refractivity contribution in [2.75, 3.05) is 84.8 Å². The van der Waals surface area contributed by atoms with Crippen LogP contribution in [-0.2, 0) is 35.0 Å². The van der Waals surface area contributed by atoms with Crippen LogP contribution in [0, 0.1) is 29.2 Å². The summed E-state index contributed by atoms with van der Waals surface area (Å²) in [7, 11) is 3.77. The van der Waals surface area contributed by atoms with Crippen molar-refractivity contribution in [3.05, 3.63) is 96.6 Å². The van der Waals surface area contributed by atoms with Crippen LogP contribution < -0.4 is 40.2 Å². The van der Waals surface area contributed by atoms with Gasteiger partial charge in [0.15, 0.2) is 46.3 Å². The lowest BCUT2D eigenvalue weighted by atomic mass is 9.93. The zero-order chi connectivity index (χ0) is 56.0. The summed E-state index contributed by atoms with van der Waals surface area (Å²) in [6.07, 6.45) is 7.67. The first kappa shape index (κ1) is 55.5. The number of hydrogen-bond acceptors (Lipinski definition) is 18. The average molecular weight is 1110 g/mol. The van der Waals surface area contributed by atoms with Gasteiger partial charge in [-0.2, -0.15) is 0 Å². The van der Waals surface area contributed by atoms with Gasteiger partial charge in [0, 0.05) is 67.6 Å². The number of nitrogens with zero attached hydrogens (tertiary/aromatic N) is 6. The molecular weight excluding hydrogens is 1050 g/mol. The molecule has 4 N–H and O–H groups in total. The minimum Gasteiger partial charge on any atom is -0.494 e. The van der Waals surface area contributed by atoms with E-state index in [1.807, 2.05) is 0 Å². The maximum Gasteiger partial charge on any atom is 0.243 e. The third-order valence-corrected chi connectivity index (χ3v) is 14.7. The Morgan fingerprint density at radius 3 is 1.68 bits per heavy atom. The van der Waals surface area contributed by atoms with Crippen molar-refractivity contribution in [1.82, 2.24) is 40.5 Å². The largest absolute Gasteiger partial charge is 0.494 e. The smallest absolute Gasteiger partial charge is 0.243 e.